The zero-order valence-corrected chi connectivity index (χ0v) is 14.2. The van der Waals surface area contributed by atoms with Crippen molar-refractivity contribution in [3.63, 3.8) is 0 Å². The van der Waals surface area contributed by atoms with E-state index in [0.717, 1.165) is 40.7 Å². The van der Waals surface area contributed by atoms with Gasteiger partial charge in [-0.25, -0.2) is 0 Å². The number of halogens is 1. The first-order chi connectivity index (χ1) is 9.31. The van der Waals surface area contributed by atoms with Gasteiger partial charge >= 0.3 is 0 Å². The highest BCUT2D eigenvalue weighted by molar-refractivity contribution is 9.10. The van der Waals surface area contributed by atoms with Gasteiger partial charge in [0.1, 0.15) is 0 Å². The predicted molar refractivity (Wildman–Crippen MR) is 87.1 cm³/mol. The predicted octanol–water partition coefficient (Wildman–Crippen LogP) is 3.78. The SMILES string of the molecule is Cc1cc(Br)cc(C)c1NC(=O)C1NCCCC1(C)C. The Morgan fingerprint density at radius 1 is 1.35 bits per heavy atom. The molecule has 2 rings (SSSR count). The van der Waals surface area contributed by atoms with Gasteiger partial charge in [0.15, 0.2) is 0 Å². The lowest BCUT2D eigenvalue weighted by Gasteiger charge is -2.38. The summed E-state index contributed by atoms with van der Waals surface area (Å²) in [4.78, 5) is 12.6. The summed E-state index contributed by atoms with van der Waals surface area (Å²) in [6, 6.07) is 3.93. The summed E-state index contributed by atoms with van der Waals surface area (Å²) >= 11 is 3.48. The second-order valence-electron chi connectivity index (χ2n) is 6.38. The van der Waals surface area contributed by atoms with E-state index in [9.17, 15) is 4.79 Å². The standard InChI is InChI=1S/C16H23BrN2O/c1-10-8-12(17)9-11(2)13(10)19-15(20)14-16(3,4)6-5-7-18-14/h8-9,14,18H,5-7H2,1-4H3,(H,19,20). The van der Waals surface area contributed by atoms with Crippen LogP contribution >= 0.6 is 15.9 Å². The molecule has 4 heteroatoms. The van der Waals surface area contributed by atoms with Crippen LogP contribution in [0.25, 0.3) is 0 Å². The molecule has 1 aromatic rings. The lowest BCUT2D eigenvalue weighted by molar-refractivity contribution is -0.121. The molecular weight excluding hydrogens is 316 g/mol. The van der Waals surface area contributed by atoms with E-state index in [4.69, 9.17) is 0 Å². The highest BCUT2D eigenvalue weighted by atomic mass is 79.9. The van der Waals surface area contributed by atoms with Gasteiger partial charge in [-0.3, -0.25) is 4.79 Å². The maximum absolute atomic E-state index is 12.6. The molecule has 1 fully saturated rings. The molecule has 0 aliphatic carbocycles. The minimum absolute atomic E-state index is 0.000490. The largest absolute Gasteiger partial charge is 0.324 e. The fourth-order valence-electron chi connectivity index (χ4n) is 2.96. The number of carbonyl (C=O) groups excluding carboxylic acids is 1. The molecule has 20 heavy (non-hydrogen) atoms. The molecule has 1 aromatic carbocycles. The fourth-order valence-corrected chi connectivity index (χ4v) is 3.65. The molecule has 2 N–H and O–H groups in total. The van der Waals surface area contributed by atoms with Gasteiger partial charge < -0.3 is 10.6 Å². The van der Waals surface area contributed by atoms with Crippen molar-refractivity contribution in [1.82, 2.24) is 5.32 Å². The van der Waals surface area contributed by atoms with E-state index in [0.29, 0.717) is 0 Å². The van der Waals surface area contributed by atoms with Crippen LogP contribution in [0.2, 0.25) is 0 Å². The molecule has 0 spiro atoms. The minimum Gasteiger partial charge on any atom is -0.324 e. The number of anilines is 1. The van der Waals surface area contributed by atoms with E-state index in [1.54, 1.807) is 0 Å². The van der Waals surface area contributed by atoms with Gasteiger partial charge in [-0.2, -0.15) is 0 Å². The van der Waals surface area contributed by atoms with Crippen molar-refractivity contribution in [2.75, 3.05) is 11.9 Å². The average Bonchev–Trinajstić information content (AvgIpc) is 2.32. The van der Waals surface area contributed by atoms with Crippen molar-refractivity contribution in [1.29, 1.82) is 0 Å². The summed E-state index contributed by atoms with van der Waals surface area (Å²) in [6.07, 6.45) is 2.21. The first-order valence-electron chi connectivity index (χ1n) is 7.12. The Bertz CT molecular complexity index is 502. The number of hydrogen-bond donors (Lipinski definition) is 2. The normalized spacial score (nSPS) is 21.6. The summed E-state index contributed by atoms with van der Waals surface area (Å²) in [5.74, 6) is 0.0724. The van der Waals surface area contributed by atoms with E-state index in [2.05, 4.69) is 40.4 Å². The number of nitrogens with one attached hydrogen (secondary N) is 2. The van der Waals surface area contributed by atoms with Crippen molar-refractivity contribution < 1.29 is 4.79 Å². The van der Waals surface area contributed by atoms with Crippen LogP contribution in [0.5, 0.6) is 0 Å². The van der Waals surface area contributed by atoms with Crippen LogP contribution in [-0.2, 0) is 4.79 Å². The number of benzene rings is 1. The van der Waals surface area contributed by atoms with Crippen LogP contribution in [-0.4, -0.2) is 18.5 Å². The summed E-state index contributed by atoms with van der Waals surface area (Å²) < 4.78 is 1.04. The van der Waals surface area contributed by atoms with Crippen LogP contribution in [0.1, 0.15) is 37.8 Å². The van der Waals surface area contributed by atoms with Crippen LogP contribution < -0.4 is 10.6 Å². The number of aryl methyl sites for hydroxylation is 2. The van der Waals surface area contributed by atoms with Gasteiger partial charge in [-0.05, 0) is 61.9 Å². The van der Waals surface area contributed by atoms with Crippen molar-refractivity contribution in [2.24, 2.45) is 5.41 Å². The van der Waals surface area contributed by atoms with E-state index >= 15 is 0 Å². The molecule has 1 saturated heterocycles. The Hall–Kier alpha value is -0.870. The van der Waals surface area contributed by atoms with E-state index in [1.807, 2.05) is 26.0 Å². The molecule has 0 radical (unpaired) electrons. The molecule has 1 aliphatic rings. The summed E-state index contributed by atoms with van der Waals surface area (Å²) in [5, 5.41) is 6.47. The van der Waals surface area contributed by atoms with Crippen LogP contribution in [0.3, 0.4) is 0 Å². The molecule has 1 atom stereocenters. The van der Waals surface area contributed by atoms with Gasteiger partial charge in [0.05, 0.1) is 6.04 Å². The third-order valence-corrected chi connectivity index (χ3v) is 4.59. The second kappa shape index (κ2) is 5.86. The quantitative estimate of drug-likeness (QED) is 0.861. The lowest BCUT2D eigenvalue weighted by atomic mass is 9.77. The number of piperidine rings is 1. The number of carbonyl (C=O) groups is 1. The smallest absolute Gasteiger partial charge is 0.242 e. The molecule has 0 saturated carbocycles. The average molecular weight is 339 g/mol. The maximum atomic E-state index is 12.6. The number of amides is 1. The summed E-state index contributed by atoms with van der Waals surface area (Å²) in [5.41, 5.74) is 3.10. The molecule has 0 bridgehead atoms. The third kappa shape index (κ3) is 3.23. The summed E-state index contributed by atoms with van der Waals surface area (Å²) in [7, 11) is 0. The van der Waals surface area contributed by atoms with Gasteiger partial charge in [0.25, 0.3) is 0 Å². The van der Waals surface area contributed by atoms with E-state index in [1.165, 1.54) is 0 Å². The highest BCUT2D eigenvalue weighted by Crippen LogP contribution is 2.32. The van der Waals surface area contributed by atoms with Crippen LogP contribution in [0.4, 0.5) is 5.69 Å². The van der Waals surface area contributed by atoms with Gasteiger partial charge in [-0.1, -0.05) is 29.8 Å². The third-order valence-electron chi connectivity index (χ3n) is 4.14. The van der Waals surface area contributed by atoms with Gasteiger partial charge in [-0.15, -0.1) is 0 Å². The van der Waals surface area contributed by atoms with Crippen LogP contribution in [0, 0.1) is 19.3 Å². The van der Waals surface area contributed by atoms with Gasteiger partial charge in [0.2, 0.25) is 5.91 Å². The monoisotopic (exact) mass is 338 g/mol. The molecule has 1 aliphatic heterocycles. The maximum Gasteiger partial charge on any atom is 0.242 e. The Kier molecular flexibility index (Phi) is 4.55. The first-order valence-corrected chi connectivity index (χ1v) is 7.91. The summed E-state index contributed by atoms with van der Waals surface area (Å²) in [6.45, 7) is 9.27. The van der Waals surface area contributed by atoms with Gasteiger partial charge in [0, 0.05) is 10.2 Å². The molecular formula is C16H23BrN2O. The Morgan fingerprint density at radius 2 is 1.95 bits per heavy atom. The van der Waals surface area contributed by atoms with E-state index < -0.39 is 0 Å². The molecule has 1 heterocycles. The second-order valence-corrected chi connectivity index (χ2v) is 7.30. The zero-order valence-electron chi connectivity index (χ0n) is 12.6. The molecule has 1 unspecified atom stereocenters. The number of rotatable bonds is 2. The molecule has 3 nitrogen and oxygen atoms in total. The van der Waals surface area contributed by atoms with Crippen molar-refractivity contribution in [2.45, 2.75) is 46.6 Å². The minimum atomic E-state index is -0.126. The highest BCUT2D eigenvalue weighted by Gasteiger charge is 2.37. The van der Waals surface area contributed by atoms with E-state index in [-0.39, 0.29) is 17.4 Å². The lowest BCUT2D eigenvalue weighted by Crippen LogP contribution is -2.53. The van der Waals surface area contributed by atoms with Crippen molar-refractivity contribution in [3.8, 4) is 0 Å². The molecule has 110 valence electrons. The van der Waals surface area contributed by atoms with Crippen LogP contribution in [0.15, 0.2) is 16.6 Å². The van der Waals surface area contributed by atoms with Crippen molar-refractivity contribution >= 4 is 27.5 Å². The molecule has 1 amide bonds. The first kappa shape index (κ1) is 15.5. The van der Waals surface area contributed by atoms with Crippen molar-refractivity contribution in [3.05, 3.63) is 27.7 Å². The Balaban J connectivity index is 2.20. The zero-order chi connectivity index (χ0) is 14.9. The number of hydrogen-bond acceptors (Lipinski definition) is 2. The molecule has 0 aromatic heterocycles. The topological polar surface area (TPSA) is 41.1 Å². The Labute approximate surface area is 129 Å². The fraction of sp³-hybridized carbons (Fsp3) is 0.562. The Morgan fingerprint density at radius 3 is 2.50 bits per heavy atom.